The van der Waals surface area contributed by atoms with Crippen LogP contribution in [0.4, 0.5) is 8.78 Å². The summed E-state index contributed by atoms with van der Waals surface area (Å²) < 4.78 is 25.1. The van der Waals surface area contributed by atoms with E-state index in [0.717, 1.165) is 5.56 Å². The smallest absolute Gasteiger partial charge is 0.263 e. The van der Waals surface area contributed by atoms with Crippen molar-refractivity contribution < 1.29 is 13.6 Å². The highest BCUT2D eigenvalue weighted by Crippen LogP contribution is 2.31. The zero-order chi connectivity index (χ0) is 12.3. The van der Waals surface area contributed by atoms with Crippen LogP contribution in [-0.4, -0.2) is 5.78 Å². The Morgan fingerprint density at radius 2 is 2.06 bits per heavy atom. The van der Waals surface area contributed by atoms with Crippen LogP contribution in [0.1, 0.15) is 41.8 Å². The number of carbonyl (C=O) groups excluding carboxylic acids is 1. The Bertz CT molecular complexity index is 391. The summed E-state index contributed by atoms with van der Waals surface area (Å²) in [6, 6.07) is 4.48. The molecule has 1 aromatic carbocycles. The summed E-state index contributed by atoms with van der Waals surface area (Å²) in [5, 5.41) is 0. The SMILES string of the molecule is CCc1ccc(C(F)F)cc1C(Br)C(C)=O. The second-order valence-electron chi connectivity index (χ2n) is 3.59. The first-order chi connectivity index (χ1) is 7.47. The quantitative estimate of drug-likeness (QED) is 0.759. The van der Waals surface area contributed by atoms with Crippen LogP contribution >= 0.6 is 15.9 Å². The summed E-state index contributed by atoms with van der Waals surface area (Å²) in [6.07, 6.45) is -1.79. The third-order valence-corrected chi connectivity index (χ3v) is 3.57. The average molecular weight is 291 g/mol. The largest absolute Gasteiger partial charge is 0.298 e. The number of aryl methyl sites for hydroxylation is 1. The fourth-order valence-corrected chi connectivity index (χ4v) is 1.95. The van der Waals surface area contributed by atoms with Gasteiger partial charge in [-0.3, -0.25) is 4.79 Å². The van der Waals surface area contributed by atoms with Crippen LogP contribution < -0.4 is 0 Å². The fourth-order valence-electron chi connectivity index (χ4n) is 1.53. The van der Waals surface area contributed by atoms with Gasteiger partial charge in [0.15, 0.2) is 0 Å². The lowest BCUT2D eigenvalue weighted by molar-refractivity contribution is -0.116. The maximum absolute atomic E-state index is 12.5. The van der Waals surface area contributed by atoms with Crippen LogP contribution in [0.3, 0.4) is 0 Å². The Hall–Kier alpha value is -0.770. The molecular weight excluding hydrogens is 278 g/mol. The van der Waals surface area contributed by atoms with Crippen LogP contribution in [0.2, 0.25) is 0 Å². The molecule has 0 fully saturated rings. The van der Waals surface area contributed by atoms with E-state index in [4.69, 9.17) is 0 Å². The van der Waals surface area contributed by atoms with Crippen molar-refractivity contribution >= 4 is 21.7 Å². The van der Waals surface area contributed by atoms with Gasteiger partial charge >= 0.3 is 0 Å². The van der Waals surface area contributed by atoms with Crippen molar-refractivity contribution in [3.63, 3.8) is 0 Å². The third-order valence-electron chi connectivity index (χ3n) is 2.43. The molecule has 0 bridgehead atoms. The first-order valence-electron chi connectivity index (χ1n) is 5.02. The second-order valence-corrected chi connectivity index (χ2v) is 4.50. The number of halogens is 3. The third kappa shape index (κ3) is 2.88. The van der Waals surface area contributed by atoms with Gasteiger partial charge in [0.05, 0.1) is 4.83 Å². The molecule has 0 N–H and O–H groups in total. The molecule has 1 unspecified atom stereocenters. The summed E-state index contributed by atoms with van der Waals surface area (Å²) in [4.78, 5) is 10.8. The van der Waals surface area contributed by atoms with Gasteiger partial charge in [-0.2, -0.15) is 0 Å². The predicted molar refractivity (Wildman–Crippen MR) is 63.1 cm³/mol. The van der Waals surface area contributed by atoms with Crippen molar-refractivity contribution in [1.82, 2.24) is 0 Å². The molecule has 0 saturated heterocycles. The van der Waals surface area contributed by atoms with E-state index < -0.39 is 11.3 Å². The molecule has 0 radical (unpaired) electrons. The standard InChI is InChI=1S/C12H13BrF2O/c1-3-8-4-5-9(12(14)15)6-10(8)11(13)7(2)16/h4-6,11-12H,3H2,1-2H3. The Morgan fingerprint density at radius 1 is 1.44 bits per heavy atom. The van der Waals surface area contributed by atoms with Crippen LogP contribution in [-0.2, 0) is 11.2 Å². The minimum atomic E-state index is -2.50. The van der Waals surface area contributed by atoms with Crippen molar-refractivity contribution in [2.24, 2.45) is 0 Å². The number of alkyl halides is 3. The van der Waals surface area contributed by atoms with Crippen LogP contribution in [0.5, 0.6) is 0 Å². The molecule has 1 aromatic rings. The van der Waals surface area contributed by atoms with Gasteiger partial charge in [-0.05, 0) is 30.5 Å². The maximum atomic E-state index is 12.5. The number of Topliss-reactive ketones (excluding diaryl/α,β-unsaturated/α-hetero) is 1. The van der Waals surface area contributed by atoms with Crippen LogP contribution in [0, 0.1) is 0 Å². The molecule has 0 spiro atoms. The highest BCUT2D eigenvalue weighted by molar-refractivity contribution is 9.09. The topological polar surface area (TPSA) is 17.1 Å². The van der Waals surface area contributed by atoms with Crippen molar-refractivity contribution in [3.05, 3.63) is 34.9 Å². The Balaban J connectivity index is 3.21. The lowest BCUT2D eigenvalue weighted by Crippen LogP contribution is -2.05. The van der Waals surface area contributed by atoms with Crippen molar-refractivity contribution in [2.75, 3.05) is 0 Å². The molecule has 1 atom stereocenters. The normalized spacial score (nSPS) is 12.9. The van der Waals surface area contributed by atoms with E-state index in [1.807, 2.05) is 6.92 Å². The first-order valence-corrected chi connectivity index (χ1v) is 5.94. The van der Waals surface area contributed by atoms with Crippen molar-refractivity contribution in [1.29, 1.82) is 0 Å². The van der Waals surface area contributed by atoms with Gasteiger partial charge < -0.3 is 0 Å². The fraction of sp³-hybridized carbons (Fsp3) is 0.417. The van der Waals surface area contributed by atoms with E-state index in [-0.39, 0.29) is 11.3 Å². The van der Waals surface area contributed by atoms with E-state index in [2.05, 4.69) is 15.9 Å². The number of carbonyl (C=O) groups is 1. The van der Waals surface area contributed by atoms with Gasteiger partial charge in [-0.15, -0.1) is 0 Å². The van der Waals surface area contributed by atoms with E-state index in [1.54, 1.807) is 6.07 Å². The van der Waals surface area contributed by atoms with E-state index in [0.29, 0.717) is 12.0 Å². The molecular formula is C12H13BrF2O. The molecule has 4 heteroatoms. The number of rotatable bonds is 4. The molecule has 0 amide bonds. The number of ketones is 1. The second kappa shape index (κ2) is 5.53. The van der Waals surface area contributed by atoms with Crippen LogP contribution in [0.25, 0.3) is 0 Å². The Kier molecular flexibility index (Phi) is 4.59. The molecule has 0 aromatic heterocycles. The highest BCUT2D eigenvalue weighted by Gasteiger charge is 2.18. The molecule has 0 aliphatic carbocycles. The van der Waals surface area contributed by atoms with E-state index in [9.17, 15) is 13.6 Å². The van der Waals surface area contributed by atoms with Gasteiger partial charge in [0.25, 0.3) is 6.43 Å². The lowest BCUT2D eigenvalue weighted by atomic mass is 9.98. The molecule has 0 heterocycles. The summed E-state index contributed by atoms with van der Waals surface area (Å²) in [5.41, 5.74) is 1.52. The number of benzene rings is 1. The van der Waals surface area contributed by atoms with Gasteiger partial charge in [0.2, 0.25) is 0 Å². The number of hydrogen-bond donors (Lipinski definition) is 0. The van der Waals surface area contributed by atoms with Crippen LogP contribution in [0.15, 0.2) is 18.2 Å². The zero-order valence-electron chi connectivity index (χ0n) is 9.14. The summed E-state index contributed by atoms with van der Waals surface area (Å²) in [7, 11) is 0. The minimum absolute atomic E-state index is 0.0436. The number of hydrogen-bond acceptors (Lipinski definition) is 1. The van der Waals surface area contributed by atoms with Crippen molar-refractivity contribution in [2.45, 2.75) is 31.5 Å². The summed E-state index contributed by atoms with van der Waals surface area (Å²) in [5.74, 6) is -0.0823. The average Bonchev–Trinajstić information content (AvgIpc) is 2.26. The summed E-state index contributed by atoms with van der Waals surface area (Å²) >= 11 is 3.23. The van der Waals surface area contributed by atoms with E-state index >= 15 is 0 Å². The summed E-state index contributed by atoms with van der Waals surface area (Å²) in [6.45, 7) is 3.37. The Labute approximate surface area is 102 Å². The minimum Gasteiger partial charge on any atom is -0.298 e. The van der Waals surface area contributed by atoms with Gasteiger partial charge in [0.1, 0.15) is 5.78 Å². The molecule has 0 saturated carbocycles. The zero-order valence-corrected chi connectivity index (χ0v) is 10.7. The monoisotopic (exact) mass is 290 g/mol. The molecule has 0 aliphatic heterocycles. The predicted octanol–water partition coefficient (Wildman–Crippen LogP) is 4.21. The first kappa shape index (κ1) is 13.3. The van der Waals surface area contributed by atoms with Crippen molar-refractivity contribution in [3.8, 4) is 0 Å². The highest BCUT2D eigenvalue weighted by atomic mass is 79.9. The maximum Gasteiger partial charge on any atom is 0.263 e. The molecule has 16 heavy (non-hydrogen) atoms. The molecule has 1 rings (SSSR count). The molecule has 1 nitrogen and oxygen atoms in total. The molecule has 0 aliphatic rings. The lowest BCUT2D eigenvalue weighted by Gasteiger charge is -2.13. The molecule has 88 valence electrons. The van der Waals surface area contributed by atoms with Gasteiger partial charge in [0, 0.05) is 5.56 Å². The van der Waals surface area contributed by atoms with Gasteiger partial charge in [-0.25, -0.2) is 8.78 Å². The van der Waals surface area contributed by atoms with E-state index in [1.165, 1.54) is 19.1 Å². The van der Waals surface area contributed by atoms with Gasteiger partial charge in [-0.1, -0.05) is 35.0 Å². The Morgan fingerprint density at radius 3 is 2.50 bits per heavy atom.